The normalized spacial score (nSPS) is 13.6. The Labute approximate surface area is 185 Å². The number of rotatable bonds is 11. The summed E-state index contributed by atoms with van der Waals surface area (Å²) in [5.41, 5.74) is 6.35. The lowest BCUT2D eigenvalue weighted by Crippen LogP contribution is -2.35. The highest BCUT2D eigenvalue weighted by Gasteiger charge is 2.44. The van der Waals surface area contributed by atoms with Crippen molar-refractivity contribution in [3.63, 3.8) is 0 Å². The van der Waals surface area contributed by atoms with E-state index >= 15 is 0 Å². The smallest absolute Gasteiger partial charge is 0.338 e. The monoisotopic (exact) mass is 442 g/mol. The zero-order chi connectivity index (χ0) is 23.1. The summed E-state index contributed by atoms with van der Waals surface area (Å²) in [5.74, 6) is -1.37. The highest BCUT2D eigenvalue weighted by molar-refractivity contribution is 5.93. The largest absolute Gasteiger partial charge is 0.493 e. The number of hydrogen-bond donors (Lipinski definition) is 2. The van der Waals surface area contributed by atoms with Crippen molar-refractivity contribution in [1.82, 2.24) is 5.32 Å². The molecule has 0 aliphatic heterocycles. The third-order valence-corrected chi connectivity index (χ3v) is 5.25. The van der Waals surface area contributed by atoms with E-state index in [1.54, 1.807) is 0 Å². The minimum Gasteiger partial charge on any atom is -0.493 e. The van der Waals surface area contributed by atoms with Gasteiger partial charge in [-0.25, -0.2) is 4.79 Å². The zero-order valence-corrected chi connectivity index (χ0v) is 18.0. The van der Waals surface area contributed by atoms with E-state index in [0.717, 1.165) is 12.8 Å². The van der Waals surface area contributed by atoms with Crippen molar-refractivity contribution >= 4 is 17.8 Å². The van der Waals surface area contributed by atoms with Gasteiger partial charge < -0.3 is 30.0 Å². The molecule has 9 heteroatoms. The number of amides is 2. The van der Waals surface area contributed by atoms with E-state index in [-0.39, 0.29) is 40.7 Å². The molecule has 0 aromatic heterocycles. The lowest BCUT2D eigenvalue weighted by atomic mass is 9.96. The van der Waals surface area contributed by atoms with E-state index in [0.29, 0.717) is 6.54 Å². The van der Waals surface area contributed by atoms with Gasteiger partial charge in [-0.2, -0.15) is 0 Å². The maximum Gasteiger partial charge on any atom is 0.338 e. The van der Waals surface area contributed by atoms with E-state index < -0.39 is 18.5 Å². The summed E-state index contributed by atoms with van der Waals surface area (Å²) in [6.45, 7) is -0.323. The van der Waals surface area contributed by atoms with Gasteiger partial charge in [0, 0.05) is 12.0 Å². The lowest BCUT2D eigenvalue weighted by Gasteiger charge is -2.17. The molecule has 0 unspecified atom stereocenters. The molecular formula is C23H26N2O7. The molecule has 0 spiro atoms. The number of methoxy groups -OCH3 is 2. The zero-order valence-electron chi connectivity index (χ0n) is 18.0. The molecule has 2 aromatic carbocycles. The van der Waals surface area contributed by atoms with Gasteiger partial charge in [0.15, 0.2) is 24.7 Å². The molecule has 0 radical (unpaired) electrons. The number of ether oxygens (including phenoxy) is 4. The summed E-state index contributed by atoms with van der Waals surface area (Å²) in [4.78, 5) is 35.7. The summed E-state index contributed by atoms with van der Waals surface area (Å²) < 4.78 is 20.9. The van der Waals surface area contributed by atoms with E-state index in [1.807, 2.05) is 18.2 Å². The average Bonchev–Trinajstić information content (AvgIpc) is 3.61. The second-order valence-electron chi connectivity index (χ2n) is 7.46. The molecular weight excluding hydrogens is 416 g/mol. The third kappa shape index (κ3) is 5.48. The van der Waals surface area contributed by atoms with Crippen LogP contribution < -0.4 is 25.3 Å². The van der Waals surface area contributed by atoms with Crippen molar-refractivity contribution in [1.29, 1.82) is 0 Å². The quantitative estimate of drug-likeness (QED) is 0.506. The van der Waals surface area contributed by atoms with Crippen LogP contribution in [0, 0.1) is 0 Å². The van der Waals surface area contributed by atoms with Crippen molar-refractivity contribution in [3.8, 4) is 17.2 Å². The highest BCUT2D eigenvalue weighted by atomic mass is 16.5. The molecule has 2 aromatic rings. The third-order valence-electron chi connectivity index (χ3n) is 5.25. The number of esters is 1. The number of nitrogens with two attached hydrogens (primary N) is 1. The van der Waals surface area contributed by atoms with Crippen molar-refractivity contribution in [3.05, 3.63) is 53.6 Å². The Morgan fingerprint density at radius 1 is 1.00 bits per heavy atom. The van der Waals surface area contributed by atoms with Gasteiger partial charge in [0.2, 0.25) is 5.75 Å². The summed E-state index contributed by atoms with van der Waals surface area (Å²) in [6.07, 6.45) is 2.00. The number of carbonyl (C=O) groups is 3. The number of nitrogens with one attached hydrogen (secondary N) is 1. The minimum absolute atomic E-state index is 0.0393. The fourth-order valence-electron chi connectivity index (χ4n) is 3.33. The molecule has 9 nitrogen and oxygen atoms in total. The summed E-state index contributed by atoms with van der Waals surface area (Å²) in [6, 6.07) is 12.8. The molecule has 0 atom stereocenters. The van der Waals surface area contributed by atoms with Gasteiger partial charge in [-0.3, -0.25) is 9.59 Å². The molecule has 32 heavy (non-hydrogen) atoms. The molecule has 2 amide bonds. The molecule has 0 saturated heterocycles. The van der Waals surface area contributed by atoms with Crippen LogP contribution >= 0.6 is 0 Å². The Hall–Kier alpha value is -3.75. The van der Waals surface area contributed by atoms with Crippen LogP contribution in [0.4, 0.5) is 0 Å². The van der Waals surface area contributed by atoms with Crippen LogP contribution in [0.3, 0.4) is 0 Å². The first-order valence-corrected chi connectivity index (χ1v) is 10.0. The van der Waals surface area contributed by atoms with Gasteiger partial charge in [0.25, 0.3) is 11.8 Å². The number of benzene rings is 2. The van der Waals surface area contributed by atoms with Gasteiger partial charge in [0.05, 0.1) is 19.8 Å². The molecule has 3 rings (SSSR count). The van der Waals surface area contributed by atoms with Crippen LogP contribution in [-0.2, 0) is 19.7 Å². The van der Waals surface area contributed by atoms with Gasteiger partial charge in [-0.1, -0.05) is 30.3 Å². The molecule has 0 heterocycles. The van der Waals surface area contributed by atoms with E-state index in [1.165, 1.54) is 31.9 Å². The van der Waals surface area contributed by atoms with Crippen molar-refractivity contribution in [2.45, 2.75) is 18.3 Å². The summed E-state index contributed by atoms with van der Waals surface area (Å²) in [5, 5.41) is 2.84. The molecule has 1 saturated carbocycles. The average molecular weight is 442 g/mol. The Morgan fingerprint density at radius 2 is 1.62 bits per heavy atom. The van der Waals surface area contributed by atoms with Gasteiger partial charge in [-0.15, -0.1) is 0 Å². The SMILES string of the molecule is COc1cc(C(=O)OCC(=O)NCC2(c3ccccc3)CC2)cc(OC)c1OCC(N)=O. The predicted molar refractivity (Wildman–Crippen MR) is 115 cm³/mol. The van der Waals surface area contributed by atoms with Gasteiger partial charge >= 0.3 is 5.97 Å². The van der Waals surface area contributed by atoms with Crippen LogP contribution in [0.15, 0.2) is 42.5 Å². The Kier molecular flexibility index (Phi) is 7.19. The molecule has 1 aliphatic carbocycles. The van der Waals surface area contributed by atoms with Crippen molar-refractivity contribution in [2.24, 2.45) is 5.73 Å². The first-order chi connectivity index (χ1) is 15.4. The number of hydrogen-bond acceptors (Lipinski definition) is 7. The van der Waals surface area contributed by atoms with Crippen LogP contribution in [-0.4, -0.2) is 51.8 Å². The first-order valence-electron chi connectivity index (χ1n) is 10.0. The van der Waals surface area contributed by atoms with Gasteiger partial charge in [0.1, 0.15) is 0 Å². The molecule has 170 valence electrons. The topological polar surface area (TPSA) is 126 Å². The highest BCUT2D eigenvalue weighted by Crippen LogP contribution is 2.47. The van der Waals surface area contributed by atoms with E-state index in [4.69, 9.17) is 24.7 Å². The molecule has 0 bridgehead atoms. The summed E-state index contributed by atoms with van der Waals surface area (Å²) in [7, 11) is 2.74. The molecule has 3 N–H and O–H groups in total. The van der Waals surface area contributed by atoms with Crippen LogP contribution in [0.1, 0.15) is 28.8 Å². The first kappa shape index (κ1) is 22.9. The maximum absolute atomic E-state index is 12.5. The Morgan fingerprint density at radius 3 is 2.16 bits per heavy atom. The minimum atomic E-state index is -0.734. The maximum atomic E-state index is 12.5. The van der Waals surface area contributed by atoms with Crippen LogP contribution in [0.25, 0.3) is 0 Å². The van der Waals surface area contributed by atoms with Crippen LogP contribution in [0.5, 0.6) is 17.2 Å². The van der Waals surface area contributed by atoms with E-state index in [9.17, 15) is 14.4 Å². The van der Waals surface area contributed by atoms with Crippen LogP contribution in [0.2, 0.25) is 0 Å². The second kappa shape index (κ2) is 10.0. The lowest BCUT2D eigenvalue weighted by molar-refractivity contribution is -0.124. The number of primary amides is 1. The molecule has 1 aliphatic rings. The Bertz CT molecular complexity index is 962. The van der Waals surface area contributed by atoms with Gasteiger partial charge in [-0.05, 0) is 30.5 Å². The fraction of sp³-hybridized carbons (Fsp3) is 0.348. The Balaban J connectivity index is 1.58. The standard InChI is InChI=1S/C23H26N2O7/c1-29-17-10-15(11-18(30-2)21(17)31-12-19(24)26)22(28)32-13-20(27)25-14-23(8-9-23)16-6-4-3-5-7-16/h3-7,10-11H,8-9,12-14H2,1-2H3,(H2,24,26)(H,25,27). The summed E-state index contributed by atoms with van der Waals surface area (Å²) >= 11 is 0. The van der Waals surface area contributed by atoms with Crippen molar-refractivity contribution in [2.75, 3.05) is 34.0 Å². The predicted octanol–water partition coefficient (Wildman–Crippen LogP) is 1.57. The van der Waals surface area contributed by atoms with Crippen molar-refractivity contribution < 1.29 is 33.3 Å². The fourth-order valence-corrected chi connectivity index (χ4v) is 3.33. The molecule has 1 fully saturated rings. The van der Waals surface area contributed by atoms with E-state index in [2.05, 4.69) is 17.4 Å². The second-order valence-corrected chi connectivity index (χ2v) is 7.46. The number of carbonyl (C=O) groups excluding carboxylic acids is 3.